The minimum atomic E-state index is -4.46. The average Bonchev–Trinajstić information content (AvgIpc) is 2.83. The molecular weight excluding hydrogens is 459 g/mol. The summed E-state index contributed by atoms with van der Waals surface area (Å²) in [6, 6.07) is 23.2. The molecule has 0 saturated heterocycles. The van der Waals surface area contributed by atoms with Crippen molar-refractivity contribution in [2.24, 2.45) is 0 Å². The van der Waals surface area contributed by atoms with Crippen molar-refractivity contribution in [3.05, 3.63) is 106 Å². The van der Waals surface area contributed by atoms with Crippen molar-refractivity contribution < 1.29 is 13.2 Å². The fourth-order valence-electron chi connectivity index (χ4n) is 4.03. The normalized spacial score (nSPS) is 14.0. The Balaban J connectivity index is 1.93. The molecule has 0 heterocycles. The van der Waals surface area contributed by atoms with Gasteiger partial charge in [-0.1, -0.05) is 48.0 Å². The van der Waals surface area contributed by atoms with Crippen LogP contribution in [0, 0.1) is 22.7 Å². The molecule has 3 aromatic rings. The number of hydrogen-bond donors (Lipinski definition) is 1. The Bertz CT molecular complexity index is 1190. The Morgan fingerprint density at radius 1 is 0.941 bits per heavy atom. The van der Waals surface area contributed by atoms with Crippen molar-refractivity contribution in [3.63, 3.8) is 0 Å². The molecule has 7 heteroatoms. The van der Waals surface area contributed by atoms with Gasteiger partial charge in [-0.15, -0.1) is 0 Å². The van der Waals surface area contributed by atoms with E-state index in [1.807, 2.05) is 37.3 Å². The van der Waals surface area contributed by atoms with E-state index >= 15 is 0 Å². The van der Waals surface area contributed by atoms with E-state index in [0.29, 0.717) is 22.6 Å². The molecule has 1 unspecified atom stereocenters. The second-order valence-electron chi connectivity index (χ2n) is 8.17. The van der Waals surface area contributed by atoms with E-state index in [0.717, 1.165) is 23.3 Å². The molecule has 0 aliphatic heterocycles. The lowest BCUT2D eigenvalue weighted by molar-refractivity contribution is -0.137. The molecule has 0 amide bonds. The summed E-state index contributed by atoms with van der Waals surface area (Å²) >= 11 is 6.02. The molecular formula is C27H23ClF3N3. The lowest BCUT2D eigenvalue weighted by Crippen LogP contribution is -2.36. The Morgan fingerprint density at radius 2 is 1.62 bits per heavy atom. The number of nitrogens with zero attached hydrogens (tertiary/aromatic N) is 2. The van der Waals surface area contributed by atoms with Gasteiger partial charge < -0.3 is 5.32 Å². The van der Waals surface area contributed by atoms with Gasteiger partial charge in [0.05, 0.1) is 29.7 Å². The monoisotopic (exact) mass is 481 g/mol. The highest BCUT2D eigenvalue weighted by molar-refractivity contribution is 6.30. The molecule has 3 rings (SSSR count). The molecule has 0 radical (unpaired) electrons. The number of hydrogen-bond acceptors (Lipinski definition) is 3. The van der Waals surface area contributed by atoms with Gasteiger partial charge in [0, 0.05) is 23.0 Å². The van der Waals surface area contributed by atoms with E-state index in [1.54, 1.807) is 24.3 Å². The largest absolute Gasteiger partial charge is 0.416 e. The van der Waals surface area contributed by atoms with Crippen molar-refractivity contribution >= 4 is 11.6 Å². The van der Waals surface area contributed by atoms with E-state index < -0.39 is 17.8 Å². The van der Waals surface area contributed by atoms with Gasteiger partial charge >= 0.3 is 6.18 Å². The van der Waals surface area contributed by atoms with Crippen LogP contribution in [0.25, 0.3) is 0 Å². The zero-order valence-electron chi connectivity index (χ0n) is 18.5. The smallest absolute Gasteiger partial charge is 0.306 e. The van der Waals surface area contributed by atoms with E-state index in [-0.39, 0.29) is 18.4 Å². The van der Waals surface area contributed by atoms with Crippen molar-refractivity contribution in [2.75, 3.05) is 0 Å². The van der Waals surface area contributed by atoms with E-state index in [2.05, 4.69) is 17.5 Å². The molecule has 3 nitrogen and oxygen atoms in total. The summed E-state index contributed by atoms with van der Waals surface area (Å²) in [5.41, 5.74) is 2.13. The predicted octanol–water partition coefficient (Wildman–Crippen LogP) is 7.19. The summed E-state index contributed by atoms with van der Waals surface area (Å²) in [6.45, 7) is 1.94. The summed E-state index contributed by atoms with van der Waals surface area (Å²) in [5, 5.41) is 22.7. The zero-order valence-corrected chi connectivity index (χ0v) is 19.2. The number of benzene rings is 3. The Labute approximate surface area is 202 Å². The van der Waals surface area contributed by atoms with E-state index in [9.17, 15) is 23.7 Å². The molecule has 0 aliphatic carbocycles. The third-order valence-electron chi connectivity index (χ3n) is 5.79. The second-order valence-corrected chi connectivity index (χ2v) is 8.60. The van der Waals surface area contributed by atoms with Gasteiger partial charge in [-0.25, -0.2) is 0 Å². The second kappa shape index (κ2) is 11.2. The van der Waals surface area contributed by atoms with Gasteiger partial charge in [0.15, 0.2) is 0 Å². The van der Waals surface area contributed by atoms with Gasteiger partial charge in [-0.2, -0.15) is 23.7 Å². The molecule has 3 atom stereocenters. The lowest BCUT2D eigenvalue weighted by atomic mass is 9.85. The van der Waals surface area contributed by atoms with Gasteiger partial charge in [0.25, 0.3) is 0 Å². The molecule has 0 aliphatic rings. The maximum absolute atomic E-state index is 13.3. The molecule has 34 heavy (non-hydrogen) atoms. The molecule has 0 aromatic heterocycles. The predicted molar refractivity (Wildman–Crippen MR) is 126 cm³/mol. The summed E-state index contributed by atoms with van der Waals surface area (Å²) in [5.74, 6) is -0.110. The topological polar surface area (TPSA) is 59.6 Å². The first kappa shape index (κ1) is 25.3. The number of halogens is 4. The van der Waals surface area contributed by atoms with Crippen LogP contribution in [0.1, 0.15) is 53.1 Å². The highest BCUT2D eigenvalue weighted by Gasteiger charge is 2.31. The lowest BCUT2D eigenvalue weighted by Gasteiger charge is -2.30. The van der Waals surface area contributed by atoms with E-state index in [1.165, 1.54) is 6.07 Å². The van der Waals surface area contributed by atoms with Crippen LogP contribution in [0.15, 0.2) is 72.8 Å². The Kier molecular flexibility index (Phi) is 8.34. The van der Waals surface area contributed by atoms with Crippen LogP contribution < -0.4 is 5.32 Å². The first-order valence-corrected chi connectivity index (χ1v) is 11.1. The minimum absolute atomic E-state index is 0.0115. The summed E-state index contributed by atoms with van der Waals surface area (Å²) < 4.78 is 39.8. The third kappa shape index (κ3) is 6.60. The maximum Gasteiger partial charge on any atom is 0.416 e. The van der Waals surface area contributed by atoms with Crippen LogP contribution in [0.2, 0.25) is 5.02 Å². The fourth-order valence-corrected chi connectivity index (χ4v) is 4.15. The molecule has 0 fully saturated rings. The first-order valence-electron chi connectivity index (χ1n) is 10.8. The van der Waals surface area contributed by atoms with Crippen molar-refractivity contribution in [1.29, 1.82) is 10.5 Å². The number of nitrogens with one attached hydrogen (secondary N) is 1. The number of rotatable bonds is 8. The SMILES string of the molecule is C[C@H](N[C@@H](CC#N)c1cccc(C(F)(F)F)c1)C(Cc1ccc(Cl)cc1)c1cccc(C#N)c1. The van der Waals surface area contributed by atoms with Crippen LogP contribution >= 0.6 is 11.6 Å². The average molecular weight is 482 g/mol. The fraction of sp³-hybridized carbons (Fsp3) is 0.259. The molecule has 1 N–H and O–H groups in total. The number of nitriles is 2. The summed E-state index contributed by atoms with van der Waals surface area (Å²) in [7, 11) is 0. The molecule has 3 aromatic carbocycles. The third-order valence-corrected chi connectivity index (χ3v) is 6.04. The van der Waals surface area contributed by atoms with Crippen LogP contribution in [0.4, 0.5) is 13.2 Å². The molecule has 174 valence electrons. The molecule has 0 spiro atoms. The van der Waals surface area contributed by atoms with Crippen molar-refractivity contribution in [2.45, 2.75) is 43.9 Å². The van der Waals surface area contributed by atoms with Gasteiger partial charge in [0.1, 0.15) is 0 Å². The van der Waals surface area contributed by atoms with Crippen LogP contribution in [-0.2, 0) is 12.6 Å². The van der Waals surface area contributed by atoms with Gasteiger partial charge in [0.2, 0.25) is 0 Å². The first-order chi connectivity index (χ1) is 16.2. The van der Waals surface area contributed by atoms with Gasteiger partial charge in [-0.05, 0) is 66.4 Å². The molecule has 0 bridgehead atoms. The van der Waals surface area contributed by atoms with E-state index in [4.69, 9.17) is 11.6 Å². The van der Waals surface area contributed by atoms with Crippen LogP contribution in [-0.4, -0.2) is 6.04 Å². The summed E-state index contributed by atoms with van der Waals surface area (Å²) in [6.07, 6.45) is -3.84. The standard InChI is InChI=1S/C27H23ClF3N3/c1-18(34-26(12-13-32)22-6-3-7-23(16-22)27(29,30)31)25(15-19-8-10-24(28)11-9-19)21-5-2-4-20(14-21)17-33/h2-11,14,16,18,25-26,34H,12,15H2,1H3/t18-,25?,26-/m0/s1. The Hall–Kier alpha value is -3.32. The van der Waals surface area contributed by atoms with Gasteiger partial charge in [-0.3, -0.25) is 0 Å². The van der Waals surface area contributed by atoms with Crippen molar-refractivity contribution in [3.8, 4) is 12.1 Å². The van der Waals surface area contributed by atoms with Crippen molar-refractivity contribution in [1.82, 2.24) is 5.32 Å². The van der Waals surface area contributed by atoms with Crippen LogP contribution in [0.3, 0.4) is 0 Å². The molecule has 0 saturated carbocycles. The highest BCUT2D eigenvalue weighted by Crippen LogP contribution is 2.33. The quantitative estimate of drug-likeness (QED) is 0.370. The Morgan fingerprint density at radius 3 is 2.26 bits per heavy atom. The van der Waals surface area contributed by atoms with Crippen LogP contribution in [0.5, 0.6) is 0 Å². The number of alkyl halides is 3. The zero-order chi connectivity index (χ0) is 24.7. The summed E-state index contributed by atoms with van der Waals surface area (Å²) in [4.78, 5) is 0. The maximum atomic E-state index is 13.3. The minimum Gasteiger partial charge on any atom is -0.306 e. The highest BCUT2D eigenvalue weighted by atomic mass is 35.5.